The summed E-state index contributed by atoms with van der Waals surface area (Å²) in [6.45, 7) is 25.8. The van der Waals surface area contributed by atoms with Crippen molar-refractivity contribution in [1.29, 1.82) is 0 Å². The minimum Gasteiger partial charge on any atom is -0.507 e. The van der Waals surface area contributed by atoms with Crippen LogP contribution in [0.2, 0.25) is 0 Å². The van der Waals surface area contributed by atoms with Crippen molar-refractivity contribution in [3.05, 3.63) is 51.6 Å². The molecule has 0 fully saturated rings. The molecule has 0 spiro atoms. The first-order chi connectivity index (χ1) is 11.5. The number of phenolic OH excluding ortho intramolecular Hbond substituents is 1. The van der Waals surface area contributed by atoms with E-state index in [0.29, 0.717) is 5.75 Å². The van der Waals surface area contributed by atoms with Gasteiger partial charge in [0.15, 0.2) is 0 Å². The molecular weight excluding hydrogens is 435 g/mol. The summed E-state index contributed by atoms with van der Waals surface area (Å²) in [7, 11) is 0. The molecule has 1 N–H and O–H groups in total. The molecule has 166 valence electrons. The van der Waals surface area contributed by atoms with Gasteiger partial charge in [0.1, 0.15) is 5.75 Å². The molecule has 1 aliphatic carbocycles. The molecule has 0 aromatic heterocycles. The molecular formula is C25H41Cl2OTi-. The van der Waals surface area contributed by atoms with Crippen molar-refractivity contribution in [2.45, 2.75) is 93.9 Å². The van der Waals surface area contributed by atoms with Crippen LogP contribution in [0.1, 0.15) is 92.9 Å². The second-order valence-electron chi connectivity index (χ2n) is 10.3. The molecule has 1 nitrogen and oxygen atoms in total. The molecule has 2 rings (SSSR count). The third-order valence-corrected chi connectivity index (χ3v) is 5.43. The Morgan fingerprint density at radius 2 is 1.14 bits per heavy atom. The van der Waals surface area contributed by atoms with Crippen LogP contribution in [0.4, 0.5) is 0 Å². The number of allylic oxidation sites excluding steroid dienone is 4. The van der Waals surface area contributed by atoms with Crippen LogP contribution in [0.15, 0.2) is 28.9 Å². The maximum absolute atomic E-state index is 10.4. The predicted octanol–water partition coefficient (Wildman–Crippen LogP) is 8.25. The number of hydrogen-bond donors (Lipinski definition) is 1. The van der Waals surface area contributed by atoms with Crippen molar-refractivity contribution in [1.82, 2.24) is 0 Å². The van der Waals surface area contributed by atoms with Crippen molar-refractivity contribution in [2.24, 2.45) is 5.41 Å². The van der Waals surface area contributed by atoms with Crippen molar-refractivity contribution < 1.29 is 26.8 Å². The Morgan fingerprint density at radius 1 is 0.793 bits per heavy atom. The minimum absolute atomic E-state index is 0. The van der Waals surface area contributed by atoms with Gasteiger partial charge in [-0.2, -0.15) is 11.1 Å². The number of aryl methyl sites for hydroxylation is 1. The Balaban J connectivity index is -0.000000457. The number of aromatic hydroxyl groups is 1. The topological polar surface area (TPSA) is 20.2 Å². The molecule has 1 aliphatic rings. The fraction of sp³-hybridized carbons (Fsp3) is 0.600. The van der Waals surface area contributed by atoms with Gasteiger partial charge in [0, 0.05) is 21.7 Å². The molecule has 0 radical (unpaired) electrons. The van der Waals surface area contributed by atoms with Crippen LogP contribution in [0.5, 0.6) is 5.75 Å². The van der Waals surface area contributed by atoms with Gasteiger partial charge in [0.05, 0.1) is 0 Å². The van der Waals surface area contributed by atoms with E-state index in [9.17, 15) is 5.11 Å². The fourth-order valence-corrected chi connectivity index (χ4v) is 3.33. The van der Waals surface area contributed by atoms with Gasteiger partial charge in [-0.15, -0.1) is 31.7 Å². The van der Waals surface area contributed by atoms with Crippen molar-refractivity contribution >= 4 is 24.8 Å². The van der Waals surface area contributed by atoms with Crippen LogP contribution < -0.4 is 0 Å². The quantitative estimate of drug-likeness (QED) is 0.295. The number of phenols is 1. The monoisotopic (exact) mass is 475 g/mol. The molecule has 0 bridgehead atoms. The first-order valence-corrected chi connectivity index (χ1v) is 9.63. The molecule has 0 saturated carbocycles. The van der Waals surface area contributed by atoms with E-state index in [1.54, 1.807) is 0 Å². The number of hydrogen-bond acceptors (Lipinski definition) is 1. The van der Waals surface area contributed by atoms with Crippen LogP contribution in [-0.2, 0) is 32.5 Å². The van der Waals surface area contributed by atoms with Gasteiger partial charge in [0.25, 0.3) is 0 Å². The fourth-order valence-electron chi connectivity index (χ4n) is 3.33. The van der Waals surface area contributed by atoms with Crippen molar-refractivity contribution in [3.63, 3.8) is 0 Å². The molecule has 0 amide bonds. The van der Waals surface area contributed by atoms with Gasteiger partial charge in [-0.3, -0.25) is 6.08 Å². The Morgan fingerprint density at radius 3 is 1.31 bits per heavy atom. The van der Waals surface area contributed by atoms with Crippen LogP contribution in [0.25, 0.3) is 0 Å². The molecule has 29 heavy (non-hydrogen) atoms. The number of halogens is 2. The molecule has 0 heterocycles. The molecule has 0 atom stereocenters. The normalized spacial score (nSPS) is 15.2. The van der Waals surface area contributed by atoms with Gasteiger partial charge in [-0.25, -0.2) is 5.57 Å². The number of rotatable bonds is 0. The van der Waals surface area contributed by atoms with Crippen LogP contribution in [0.3, 0.4) is 0 Å². The summed E-state index contributed by atoms with van der Waals surface area (Å²) in [5, 5.41) is 10.4. The summed E-state index contributed by atoms with van der Waals surface area (Å²) in [5.74, 6) is 0.464. The van der Waals surface area contributed by atoms with Gasteiger partial charge in [-0.1, -0.05) is 92.3 Å². The zero-order chi connectivity index (χ0) is 20.7. The summed E-state index contributed by atoms with van der Waals surface area (Å²) >= 11 is 0. The van der Waals surface area contributed by atoms with Crippen LogP contribution in [0, 0.1) is 18.4 Å². The second-order valence-corrected chi connectivity index (χ2v) is 10.3. The molecule has 0 aliphatic heterocycles. The minimum atomic E-state index is -0.0178. The molecule has 4 heteroatoms. The maximum Gasteiger partial charge on any atom is 0.123 e. The van der Waals surface area contributed by atoms with Gasteiger partial charge in [0.2, 0.25) is 0 Å². The third kappa shape index (κ3) is 8.45. The zero-order valence-electron chi connectivity index (χ0n) is 20.4. The standard InChI is InChI=1S/C15H24O.C10H15.2ClH.Ti/c1-10-8-11(14(2,3)4)13(16)12(9-10)15(5,6)7;1-7-6-10(4,5)9(3)8(7)2;;;/h8-9,16H,1-7H3;1-5H3;2*1H;/q;-1;;;. The van der Waals surface area contributed by atoms with Gasteiger partial charge in [-0.05, 0) is 28.9 Å². The summed E-state index contributed by atoms with van der Waals surface area (Å²) in [4.78, 5) is 0. The van der Waals surface area contributed by atoms with Crippen molar-refractivity contribution in [2.75, 3.05) is 0 Å². The Labute approximate surface area is 207 Å². The molecule has 1 aromatic rings. The Kier molecular flexibility index (Phi) is 13.2. The summed E-state index contributed by atoms with van der Waals surface area (Å²) in [6.07, 6.45) is 3.44. The summed E-state index contributed by atoms with van der Waals surface area (Å²) < 4.78 is 0. The summed E-state index contributed by atoms with van der Waals surface area (Å²) in [6, 6.07) is 4.18. The third-order valence-electron chi connectivity index (χ3n) is 5.43. The maximum atomic E-state index is 10.4. The molecule has 0 unspecified atom stereocenters. The van der Waals surface area contributed by atoms with Crippen molar-refractivity contribution in [3.8, 4) is 5.75 Å². The first kappa shape index (κ1) is 33.4. The zero-order valence-corrected chi connectivity index (χ0v) is 23.6. The summed E-state index contributed by atoms with van der Waals surface area (Å²) in [5.41, 5.74) is 7.65. The average Bonchev–Trinajstić information content (AvgIpc) is 2.62. The average molecular weight is 476 g/mol. The Bertz CT molecular complexity index is 710. The van der Waals surface area contributed by atoms with E-state index >= 15 is 0 Å². The van der Waals surface area contributed by atoms with E-state index in [0.717, 1.165) is 11.1 Å². The number of benzene rings is 1. The van der Waals surface area contributed by atoms with E-state index < -0.39 is 0 Å². The Hall–Kier alpha value is -0.206. The van der Waals surface area contributed by atoms with Crippen LogP contribution >= 0.6 is 24.8 Å². The van der Waals surface area contributed by atoms with E-state index in [2.05, 4.69) is 101 Å². The molecule has 0 saturated heterocycles. The van der Waals surface area contributed by atoms with Crippen LogP contribution in [-0.4, -0.2) is 5.11 Å². The second kappa shape index (κ2) is 11.4. The van der Waals surface area contributed by atoms with E-state index in [-0.39, 0.29) is 62.8 Å². The SMILES string of the molecule is CC1=[C-]C(C)(C)C(C)=C1C.Cc1cc(C(C)(C)C)c(O)c(C(C)(C)C)c1.Cl.Cl.[Ti]. The van der Waals surface area contributed by atoms with Gasteiger partial charge >= 0.3 is 0 Å². The first-order valence-electron chi connectivity index (χ1n) is 9.63. The van der Waals surface area contributed by atoms with E-state index in [4.69, 9.17) is 0 Å². The largest absolute Gasteiger partial charge is 0.507 e. The van der Waals surface area contributed by atoms with E-state index in [1.807, 2.05) is 0 Å². The predicted molar refractivity (Wildman–Crippen MR) is 129 cm³/mol. The smallest absolute Gasteiger partial charge is 0.123 e. The molecule has 1 aromatic carbocycles. The van der Waals surface area contributed by atoms with E-state index in [1.165, 1.54) is 22.3 Å². The van der Waals surface area contributed by atoms with Gasteiger partial charge < -0.3 is 5.11 Å².